The molecular formula is C6H6N4OS. The first-order valence-corrected chi connectivity index (χ1v) is 3.65. The van der Waals surface area contributed by atoms with E-state index in [2.05, 4.69) is 10.2 Å². The molecule has 62 valence electrons. The van der Waals surface area contributed by atoms with Crippen LogP contribution in [0, 0.1) is 4.77 Å². The average Bonchev–Trinajstić information content (AvgIpc) is 2.64. The fourth-order valence-electron chi connectivity index (χ4n) is 0.900. The number of hydrogen-bond acceptors (Lipinski definition) is 4. The van der Waals surface area contributed by atoms with Gasteiger partial charge >= 0.3 is 0 Å². The molecule has 3 N–H and O–H groups in total. The highest BCUT2D eigenvalue weighted by atomic mass is 32.1. The van der Waals surface area contributed by atoms with Crippen LogP contribution in [0.4, 0.5) is 0 Å². The molecule has 12 heavy (non-hydrogen) atoms. The molecule has 0 aliphatic heterocycles. The maximum absolute atomic E-state index is 5.57. The Balaban J connectivity index is 2.62. The molecular weight excluding hydrogens is 176 g/mol. The summed E-state index contributed by atoms with van der Waals surface area (Å²) in [6.45, 7) is 0. The number of aromatic nitrogens is 3. The lowest BCUT2D eigenvalue weighted by molar-refractivity contribution is 0.567. The van der Waals surface area contributed by atoms with Crippen LogP contribution in [0.3, 0.4) is 0 Å². The van der Waals surface area contributed by atoms with Gasteiger partial charge in [0.1, 0.15) is 6.26 Å². The minimum absolute atomic E-state index is 0.381. The molecule has 0 saturated heterocycles. The lowest BCUT2D eigenvalue weighted by atomic mass is 10.3. The fourth-order valence-corrected chi connectivity index (χ4v) is 1.03. The van der Waals surface area contributed by atoms with E-state index >= 15 is 0 Å². The Bertz CT molecular complexity index is 427. The number of rotatable bonds is 1. The number of nitrogen functional groups attached to an aromatic ring is 1. The van der Waals surface area contributed by atoms with Gasteiger partial charge in [0.05, 0.1) is 11.8 Å². The molecule has 0 aliphatic rings. The highest BCUT2D eigenvalue weighted by Gasteiger charge is 2.06. The molecule has 0 saturated carbocycles. The summed E-state index contributed by atoms with van der Waals surface area (Å²) in [6.07, 6.45) is 3.10. The maximum Gasteiger partial charge on any atom is 0.214 e. The van der Waals surface area contributed by atoms with E-state index in [-0.39, 0.29) is 0 Å². The van der Waals surface area contributed by atoms with Crippen molar-refractivity contribution in [2.75, 3.05) is 5.84 Å². The molecule has 6 heteroatoms. The fraction of sp³-hybridized carbons (Fsp3) is 0. The van der Waals surface area contributed by atoms with Gasteiger partial charge in [0.25, 0.3) is 0 Å². The largest absolute Gasteiger partial charge is 0.472 e. The number of nitrogens with one attached hydrogen (secondary N) is 1. The number of furan rings is 1. The van der Waals surface area contributed by atoms with E-state index in [1.807, 2.05) is 0 Å². The summed E-state index contributed by atoms with van der Waals surface area (Å²) in [7, 11) is 0. The number of nitrogens with two attached hydrogens (primary N) is 1. The lowest BCUT2D eigenvalue weighted by Crippen LogP contribution is -2.09. The van der Waals surface area contributed by atoms with E-state index in [0.717, 1.165) is 5.56 Å². The first kappa shape index (κ1) is 7.11. The van der Waals surface area contributed by atoms with Gasteiger partial charge in [0.15, 0.2) is 5.82 Å². The molecule has 2 aromatic rings. The van der Waals surface area contributed by atoms with Crippen molar-refractivity contribution in [1.29, 1.82) is 0 Å². The third-order valence-electron chi connectivity index (χ3n) is 1.48. The quantitative estimate of drug-likeness (QED) is 0.508. The molecule has 0 bridgehead atoms. The van der Waals surface area contributed by atoms with Crippen LogP contribution in [0.25, 0.3) is 11.4 Å². The highest BCUT2D eigenvalue weighted by molar-refractivity contribution is 7.71. The van der Waals surface area contributed by atoms with Gasteiger partial charge in [-0.2, -0.15) is 5.10 Å². The van der Waals surface area contributed by atoms with Crippen molar-refractivity contribution in [2.24, 2.45) is 0 Å². The smallest absolute Gasteiger partial charge is 0.214 e. The van der Waals surface area contributed by atoms with E-state index in [1.54, 1.807) is 18.6 Å². The summed E-state index contributed by atoms with van der Waals surface area (Å²) in [5, 5.41) is 6.49. The number of nitrogens with zero attached hydrogens (tertiary/aromatic N) is 2. The van der Waals surface area contributed by atoms with E-state index in [1.165, 1.54) is 4.68 Å². The Kier molecular flexibility index (Phi) is 1.47. The molecule has 0 spiro atoms. The van der Waals surface area contributed by atoms with E-state index < -0.39 is 0 Å². The van der Waals surface area contributed by atoms with Crippen LogP contribution in [-0.2, 0) is 0 Å². The van der Waals surface area contributed by atoms with Crippen molar-refractivity contribution in [1.82, 2.24) is 14.9 Å². The van der Waals surface area contributed by atoms with Crippen LogP contribution < -0.4 is 5.84 Å². The standard InChI is InChI=1S/C6H6N4OS/c7-10-5(8-9-6(10)12)4-1-2-11-3-4/h1-3H,7H2,(H,9,12). The second kappa shape index (κ2) is 2.49. The SMILES string of the molecule is Nn1c(-c2ccoc2)n[nH]c1=S. The molecule has 5 nitrogen and oxygen atoms in total. The van der Waals surface area contributed by atoms with Crippen molar-refractivity contribution < 1.29 is 4.42 Å². The van der Waals surface area contributed by atoms with Crippen LogP contribution in [0.5, 0.6) is 0 Å². The van der Waals surface area contributed by atoms with Crippen molar-refractivity contribution in [3.63, 3.8) is 0 Å². The second-order valence-corrected chi connectivity index (χ2v) is 2.62. The van der Waals surface area contributed by atoms with Crippen LogP contribution >= 0.6 is 12.2 Å². The van der Waals surface area contributed by atoms with Crippen LogP contribution in [0.2, 0.25) is 0 Å². The van der Waals surface area contributed by atoms with Gasteiger partial charge in [-0.25, -0.2) is 9.77 Å². The molecule has 2 aromatic heterocycles. The van der Waals surface area contributed by atoms with Gasteiger partial charge in [-0.3, -0.25) is 0 Å². The van der Waals surface area contributed by atoms with Gasteiger partial charge < -0.3 is 10.3 Å². The summed E-state index contributed by atoms with van der Waals surface area (Å²) in [6, 6.07) is 1.76. The highest BCUT2D eigenvalue weighted by Crippen LogP contribution is 2.14. The molecule has 0 aliphatic carbocycles. The van der Waals surface area contributed by atoms with E-state index in [4.69, 9.17) is 22.5 Å². The monoisotopic (exact) mass is 182 g/mol. The minimum atomic E-state index is 0.381. The van der Waals surface area contributed by atoms with Gasteiger partial charge in [-0.15, -0.1) is 0 Å². The Hall–Kier alpha value is -1.56. The second-order valence-electron chi connectivity index (χ2n) is 2.23. The van der Waals surface area contributed by atoms with Crippen molar-refractivity contribution in [2.45, 2.75) is 0 Å². The van der Waals surface area contributed by atoms with Gasteiger partial charge in [0.2, 0.25) is 4.77 Å². The lowest BCUT2D eigenvalue weighted by Gasteiger charge is -1.93. The molecule has 0 unspecified atom stereocenters. The molecule has 0 fully saturated rings. The Morgan fingerprint density at radius 2 is 2.50 bits per heavy atom. The zero-order valence-electron chi connectivity index (χ0n) is 6.02. The molecule has 0 aromatic carbocycles. The maximum atomic E-state index is 5.57. The first-order valence-electron chi connectivity index (χ1n) is 3.24. The van der Waals surface area contributed by atoms with E-state index in [0.29, 0.717) is 10.6 Å². The molecule has 2 heterocycles. The Labute approximate surface area is 72.8 Å². The van der Waals surface area contributed by atoms with Crippen molar-refractivity contribution >= 4 is 12.2 Å². The third-order valence-corrected chi connectivity index (χ3v) is 1.77. The van der Waals surface area contributed by atoms with Crippen LogP contribution in [0.1, 0.15) is 0 Å². The van der Waals surface area contributed by atoms with Crippen LogP contribution in [0.15, 0.2) is 23.0 Å². The summed E-state index contributed by atoms with van der Waals surface area (Å²) < 4.78 is 6.55. The van der Waals surface area contributed by atoms with Crippen LogP contribution in [-0.4, -0.2) is 14.9 Å². The number of aromatic amines is 1. The zero-order chi connectivity index (χ0) is 8.55. The number of H-pyrrole nitrogens is 1. The zero-order valence-corrected chi connectivity index (χ0v) is 6.84. The topological polar surface area (TPSA) is 72.8 Å². The number of hydrogen-bond donors (Lipinski definition) is 2. The molecule has 0 radical (unpaired) electrons. The molecule has 0 amide bonds. The third kappa shape index (κ3) is 0.928. The predicted octanol–water partition coefficient (Wildman–Crippen LogP) is 0.914. The summed E-state index contributed by atoms with van der Waals surface area (Å²) in [5.74, 6) is 6.13. The average molecular weight is 182 g/mol. The van der Waals surface area contributed by atoms with Gasteiger partial charge in [0, 0.05) is 0 Å². The summed E-state index contributed by atoms with van der Waals surface area (Å²) in [4.78, 5) is 0. The van der Waals surface area contributed by atoms with Gasteiger partial charge in [-0.1, -0.05) is 0 Å². The summed E-state index contributed by atoms with van der Waals surface area (Å²) in [5.41, 5.74) is 0.796. The van der Waals surface area contributed by atoms with Crippen molar-refractivity contribution in [3.8, 4) is 11.4 Å². The summed E-state index contributed by atoms with van der Waals surface area (Å²) >= 11 is 4.84. The Morgan fingerprint density at radius 3 is 3.00 bits per heavy atom. The predicted molar refractivity (Wildman–Crippen MR) is 45.3 cm³/mol. The van der Waals surface area contributed by atoms with Gasteiger partial charge in [-0.05, 0) is 18.3 Å². The van der Waals surface area contributed by atoms with Crippen molar-refractivity contribution in [3.05, 3.63) is 23.4 Å². The minimum Gasteiger partial charge on any atom is -0.472 e. The normalized spacial score (nSPS) is 10.3. The van der Waals surface area contributed by atoms with E-state index in [9.17, 15) is 0 Å². The molecule has 0 atom stereocenters. The Morgan fingerprint density at radius 1 is 1.67 bits per heavy atom. The molecule has 2 rings (SSSR count). The first-order chi connectivity index (χ1) is 5.79.